The molecule has 2 N–H and O–H groups in total. The molecule has 0 spiro atoms. The van der Waals surface area contributed by atoms with Crippen molar-refractivity contribution < 1.29 is 19.8 Å². The largest absolute Gasteiger partial charge is 0.477 e. The lowest BCUT2D eigenvalue weighted by atomic mass is 9.90. The van der Waals surface area contributed by atoms with Crippen molar-refractivity contribution in [2.45, 2.75) is 38.0 Å². The van der Waals surface area contributed by atoms with Crippen molar-refractivity contribution in [3.8, 4) is 0 Å². The van der Waals surface area contributed by atoms with Gasteiger partial charge in [-0.25, -0.2) is 14.6 Å². The van der Waals surface area contributed by atoms with E-state index < -0.39 is 11.9 Å². The van der Waals surface area contributed by atoms with Crippen LogP contribution >= 0.6 is 11.3 Å². The van der Waals surface area contributed by atoms with Crippen LogP contribution in [0.15, 0.2) is 0 Å². The van der Waals surface area contributed by atoms with Crippen molar-refractivity contribution in [1.29, 1.82) is 0 Å². The molecule has 2 rings (SSSR count). The highest BCUT2D eigenvalue weighted by Crippen LogP contribution is 2.35. The fourth-order valence-corrected chi connectivity index (χ4v) is 3.22. The summed E-state index contributed by atoms with van der Waals surface area (Å²) in [5.41, 5.74) is -0.317. The van der Waals surface area contributed by atoms with Crippen LogP contribution in [0.2, 0.25) is 0 Å². The number of aromatic nitrogens is 1. The molecule has 0 amide bonds. The van der Waals surface area contributed by atoms with Crippen LogP contribution in [0, 0.1) is 0 Å². The van der Waals surface area contributed by atoms with E-state index in [-0.39, 0.29) is 16.5 Å². The summed E-state index contributed by atoms with van der Waals surface area (Å²) in [5, 5.41) is 18.5. The van der Waals surface area contributed by atoms with E-state index >= 15 is 0 Å². The number of thiazole rings is 1. The minimum atomic E-state index is -1.26. The fourth-order valence-electron chi connectivity index (χ4n) is 2.15. The van der Waals surface area contributed by atoms with E-state index in [1.165, 1.54) is 6.42 Å². The zero-order valence-corrected chi connectivity index (χ0v) is 10.00. The van der Waals surface area contributed by atoms with Gasteiger partial charge in [-0.2, -0.15) is 0 Å². The summed E-state index contributed by atoms with van der Waals surface area (Å²) in [4.78, 5) is 25.7. The van der Waals surface area contributed by atoms with E-state index in [4.69, 9.17) is 10.2 Å². The molecule has 0 bridgehead atoms. The standard InChI is InChI=1S/C11H13NO4S/c13-10(14)7-8(11(15)16)17-9(12-7)6-4-2-1-3-5-6/h6H,1-5H2,(H,13,14)(H,15,16). The van der Waals surface area contributed by atoms with Gasteiger partial charge in [0, 0.05) is 5.92 Å². The van der Waals surface area contributed by atoms with E-state index in [2.05, 4.69) is 4.98 Å². The fraction of sp³-hybridized carbons (Fsp3) is 0.545. The maximum absolute atomic E-state index is 10.9. The molecule has 5 nitrogen and oxygen atoms in total. The van der Waals surface area contributed by atoms with E-state index in [0.717, 1.165) is 37.0 Å². The normalized spacial score (nSPS) is 16.9. The Balaban J connectivity index is 2.32. The Kier molecular flexibility index (Phi) is 3.42. The highest BCUT2D eigenvalue weighted by atomic mass is 32.1. The highest BCUT2D eigenvalue weighted by molar-refractivity contribution is 7.14. The Morgan fingerprint density at radius 2 is 1.76 bits per heavy atom. The minimum Gasteiger partial charge on any atom is -0.477 e. The summed E-state index contributed by atoms with van der Waals surface area (Å²) in [6.45, 7) is 0. The molecule has 1 fully saturated rings. The summed E-state index contributed by atoms with van der Waals surface area (Å²) in [7, 11) is 0. The van der Waals surface area contributed by atoms with E-state index in [1.54, 1.807) is 0 Å². The SMILES string of the molecule is O=C(O)c1nc(C2CCCCC2)sc1C(=O)O. The molecule has 1 aliphatic rings. The maximum Gasteiger partial charge on any atom is 0.356 e. The number of carbonyl (C=O) groups is 2. The number of aromatic carboxylic acids is 2. The summed E-state index contributed by atoms with van der Waals surface area (Å²) in [6.07, 6.45) is 5.36. The Bertz CT molecular complexity index is 417. The first-order valence-electron chi connectivity index (χ1n) is 5.57. The van der Waals surface area contributed by atoms with Gasteiger partial charge >= 0.3 is 11.9 Å². The number of rotatable bonds is 3. The van der Waals surface area contributed by atoms with Gasteiger partial charge in [0.2, 0.25) is 0 Å². The molecule has 0 saturated heterocycles. The number of nitrogens with zero attached hydrogens (tertiary/aromatic N) is 1. The van der Waals surface area contributed by atoms with Crippen molar-refractivity contribution in [1.82, 2.24) is 4.98 Å². The van der Waals surface area contributed by atoms with Crippen LogP contribution in [-0.2, 0) is 0 Å². The Labute approximate surface area is 102 Å². The van der Waals surface area contributed by atoms with Crippen LogP contribution in [0.1, 0.15) is 63.2 Å². The van der Waals surface area contributed by atoms with Gasteiger partial charge in [0.25, 0.3) is 0 Å². The van der Waals surface area contributed by atoms with Gasteiger partial charge in [0.15, 0.2) is 5.69 Å². The molecule has 1 heterocycles. The first kappa shape index (κ1) is 12.0. The predicted molar refractivity (Wildman–Crippen MR) is 61.9 cm³/mol. The Morgan fingerprint density at radius 1 is 1.12 bits per heavy atom. The first-order chi connectivity index (χ1) is 8.09. The third-order valence-corrected chi connectivity index (χ3v) is 4.20. The van der Waals surface area contributed by atoms with Gasteiger partial charge in [-0.1, -0.05) is 19.3 Å². The number of hydrogen-bond acceptors (Lipinski definition) is 4. The quantitative estimate of drug-likeness (QED) is 0.866. The van der Waals surface area contributed by atoms with Gasteiger partial charge in [-0.15, -0.1) is 11.3 Å². The molecule has 17 heavy (non-hydrogen) atoms. The summed E-state index contributed by atoms with van der Waals surface area (Å²) in [5.74, 6) is -2.23. The van der Waals surface area contributed by atoms with Gasteiger partial charge in [-0.3, -0.25) is 0 Å². The summed E-state index contributed by atoms with van der Waals surface area (Å²) >= 11 is 1.01. The molecule has 1 aliphatic carbocycles. The Hall–Kier alpha value is -1.43. The topological polar surface area (TPSA) is 87.5 Å². The molecular weight excluding hydrogens is 242 g/mol. The van der Waals surface area contributed by atoms with Crippen LogP contribution in [-0.4, -0.2) is 27.1 Å². The van der Waals surface area contributed by atoms with E-state index in [9.17, 15) is 9.59 Å². The van der Waals surface area contributed by atoms with Crippen molar-refractivity contribution in [2.24, 2.45) is 0 Å². The van der Waals surface area contributed by atoms with Crippen molar-refractivity contribution in [3.63, 3.8) is 0 Å². The molecule has 1 aromatic heterocycles. The number of carboxylic acids is 2. The molecule has 0 aliphatic heterocycles. The van der Waals surface area contributed by atoms with E-state index in [0.29, 0.717) is 5.01 Å². The lowest BCUT2D eigenvalue weighted by molar-refractivity contribution is 0.0651. The lowest BCUT2D eigenvalue weighted by Gasteiger charge is -2.18. The molecule has 1 aromatic rings. The van der Waals surface area contributed by atoms with Crippen molar-refractivity contribution in [3.05, 3.63) is 15.6 Å². The second-order valence-corrected chi connectivity index (χ2v) is 5.21. The minimum absolute atomic E-state index is 0.155. The number of carboxylic acid groups (broad SMARTS) is 2. The lowest BCUT2D eigenvalue weighted by Crippen LogP contribution is -2.06. The first-order valence-corrected chi connectivity index (χ1v) is 6.38. The van der Waals surface area contributed by atoms with Gasteiger partial charge in [0.1, 0.15) is 4.88 Å². The van der Waals surface area contributed by atoms with Crippen LogP contribution in [0.4, 0.5) is 0 Å². The molecular formula is C11H13NO4S. The van der Waals surface area contributed by atoms with Crippen LogP contribution in [0.5, 0.6) is 0 Å². The van der Waals surface area contributed by atoms with Gasteiger partial charge < -0.3 is 10.2 Å². The van der Waals surface area contributed by atoms with Crippen LogP contribution in [0.25, 0.3) is 0 Å². The third-order valence-electron chi connectivity index (χ3n) is 2.99. The third kappa shape index (κ3) is 2.46. The van der Waals surface area contributed by atoms with Crippen LogP contribution < -0.4 is 0 Å². The highest BCUT2D eigenvalue weighted by Gasteiger charge is 2.26. The molecule has 0 radical (unpaired) electrons. The molecule has 0 aromatic carbocycles. The smallest absolute Gasteiger partial charge is 0.356 e. The van der Waals surface area contributed by atoms with Crippen molar-refractivity contribution in [2.75, 3.05) is 0 Å². The molecule has 6 heteroatoms. The molecule has 0 unspecified atom stereocenters. The predicted octanol–water partition coefficient (Wildman–Crippen LogP) is 2.59. The average Bonchev–Trinajstić information content (AvgIpc) is 2.75. The van der Waals surface area contributed by atoms with Gasteiger partial charge in [-0.05, 0) is 12.8 Å². The zero-order chi connectivity index (χ0) is 12.4. The number of hydrogen-bond donors (Lipinski definition) is 2. The van der Waals surface area contributed by atoms with E-state index in [1.807, 2.05) is 0 Å². The van der Waals surface area contributed by atoms with Crippen LogP contribution in [0.3, 0.4) is 0 Å². The summed E-state index contributed by atoms with van der Waals surface area (Å²) < 4.78 is 0. The average molecular weight is 255 g/mol. The molecule has 0 atom stereocenters. The second kappa shape index (κ2) is 4.83. The maximum atomic E-state index is 10.9. The monoisotopic (exact) mass is 255 g/mol. The Morgan fingerprint density at radius 3 is 2.24 bits per heavy atom. The molecule has 92 valence electrons. The van der Waals surface area contributed by atoms with Crippen molar-refractivity contribution >= 4 is 23.3 Å². The van der Waals surface area contributed by atoms with Gasteiger partial charge in [0.05, 0.1) is 5.01 Å². The second-order valence-electron chi connectivity index (χ2n) is 4.18. The molecule has 1 saturated carbocycles. The summed E-state index contributed by atoms with van der Waals surface area (Å²) in [6, 6.07) is 0. The zero-order valence-electron chi connectivity index (χ0n) is 9.18.